The molecule has 1 aliphatic rings. The molecular weight excluding hydrogens is 294 g/mol. The zero-order chi connectivity index (χ0) is 18.3. The van der Waals surface area contributed by atoms with Crippen molar-refractivity contribution in [3.63, 3.8) is 0 Å². The van der Waals surface area contributed by atoms with Crippen molar-refractivity contribution in [2.24, 2.45) is 11.8 Å². The van der Waals surface area contributed by atoms with Crippen molar-refractivity contribution in [2.45, 2.75) is 59.8 Å². The van der Waals surface area contributed by atoms with Crippen molar-refractivity contribution in [1.29, 1.82) is 0 Å². The average Bonchev–Trinajstić information content (AvgIpc) is 2.58. The fourth-order valence-electron chi connectivity index (χ4n) is 2.71. The lowest BCUT2D eigenvalue weighted by Crippen LogP contribution is -2.15. The highest BCUT2D eigenvalue weighted by atomic mass is 19.1. The Morgan fingerprint density at radius 3 is 2.00 bits per heavy atom. The van der Waals surface area contributed by atoms with Crippen LogP contribution in [0.5, 0.6) is 0 Å². The maximum atomic E-state index is 13.8. The number of ether oxygens (including phenoxy) is 1. The number of hydrogen-bond acceptors (Lipinski definition) is 1. The molecule has 0 aromatic heterocycles. The van der Waals surface area contributed by atoms with Crippen LogP contribution < -0.4 is 0 Å². The normalized spacial score (nSPS) is 19.2. The fourth-order valence-corrected chi connectivity index (χ4v) is 2.71. The highest BCUT2D eigenvalue weighted by Crippen LogP contribution is 2.31. The molecule has 1 saturated carbocycles. The second kappa shape index (κ2) is 15.9. The van der Waals surface area contributed by atoms with Crippen LogP contribution in [0, 0.1) is 24.6 Å². The van der Waals surface area contributed by atoms with Crippen LogP contribution in [0.1, 0.15) is 57.6 Å². The van der Waals surface area contributed by atoms with Gasteiger partial charge in [0.2, 0.25) is 0 Å². The van der Waals surface area contributed by atoms with Crippen LogP contribution in [-0.2, 0) is 11.2 Å². The molecule has 1 aliphatic carbocycles. The van der Waals surface area contributed by atoms with Crippen molar-refractivity contribution in [1.82, 2.24) is 0 Å². The van der Waals surface area contributed by atoms with Gasteiger partial charge in [0.15, 0.2) is 0 Å². The largest absolute Gasteiger partial charge is 0.388 e. The van der Waals surface area contributed by atoms with Gasteiger partial charge in [-0.05, 0) is 49.1 Å². The highest BCUT2D eigenvalue weighted by Gasteiger charge is 2.19. The molecule has 1 nitrogen and oxygen atoms in total. The molecule has 0 unspecified atom stereocenters. The van der Waals surface area contributed by atoms with Gasteiger partial charge in [0, 0.05) is 14.2 Å². The van der Waals surface area contributed by atoms with Crippen LogP contribution in [0.25, 0.3) is 0 Å². The third-order valence-corrected chi connectivity index (χ3v) is 3.92. The van der Waals surface area contributed by atoms with Gasteiger partial charge in [0.1, 0.15) is 5.82 Å². The molecule has 23 heavy (non-hydrogen) atoms. The van der Waals surface area contributed by atoms with E-state index in [0.717, 1.165) is 23.5 Å². The second-order valence-corrected chi connectivity index (χ2v) is 5.79. The van der Waals surface area contributed by atoms with Gasteiger partial charge in [-0.2, -0.15) is 0 Å². The molecule has 3 heteroatoms. The van der Waals surface area contributed by atoms with Crippen LogP contribution >= 0.6 is 0 Å². The minimum Gasteiger partial charge on any atom is -0.388 e. The first-order chi connectivity index (χ1) is 11.1. The SMILES string of the molecule is CC.CF.COC.Cc1cccc(CC2CCC(C)CC2)c1F. The van der Waals surface area contributed by atoms with Crippen molar-refractivity contribution in [3.05, 3.63) is 35.1 Å². The van der Waals surface area contributed by atoms with E-state index in [2.05, 4.69) is 11.7 Å². The van der Waals surface area contributed by atoms with E-state index in [1.54, 1.807) is 14.2 Å². The third-order valence-electron chi connectivity index (χ3n) is 3.92. The predicted octanol–water partition coefficient (Wildman–Crippen LogP) is 6.38. The zero-order valence-corrected chi connectivity index (χ0v) is 16.1. The van der Waals surface area contributed by atoms with Gasteiger partial charge in [0.25, 0.3) is 0 Å². The highest BCUT2D eigenvalue weighted by molar-refractivity contribution is 5.25. The summed E-state index contributed by atoms with van der Waals surface area (Å²) >= 11 is 0. The quantitative estimate of drug-likeness (QED) is 0.611. The van der Waals surface area contributed by atoms with Gasteiger partial charge in [-0.3, -0.25) is 4.39 Å². The lowest BCUT2D eigenvalue weighted by atomic mass is 9.80. The van der Waals surface area contributed by atoms with E-state index in [1.807, 2.05) is 39.0 Å². The Morgan fingerprint density at radius 1 is 1.04 bits per heavy atom. The Balaban J connectivity index is 0. The Labute approximate surface area is 142 Å². The number of rotatable bonds is 2. The monoisotopic (exact) mass is 330 g/mol. The van der Waals surface area contributed by atoms with Crippen molar-refractivity contribution >= 4 is 0 Å². The number of benzene rings is 1. The van der Waals surface area contributed by atoms with E-state index >= 15 is 0 Å². The number of aryl methyl sites for hydroxylation is 1. The van der Waals surface area contributed by atoms with Crippen LogP contribution in [-0.4, -0.2) is 21.4 Å². The lowest BCUT2D eigenvalue weighted by Gasteiger charge is -2.26. The average molecular weight is 331 g/mol. The third kappa shape index (κ3) is 10.4. The van der Waals surface area contributed by atoms with Crippen LogP contribution in [0.3, 0.4) is 0 Å². The Morgan fingerprint density at radius 2 is 1.52 bits per heavy atom. The molecule has 0 spiro atoms. The molecule has 0 bridgehead atoms. The second-order valence-electron chi connectivity index (χ2n) is 5.79. The first-order valence-electron chi connectivity index (χ1n) is 8.60. The first-order valence-corrected chi connectivity index (χ1v) is 8.60. The molecule has 0 aliphatic heterocycles. The van der Waals surface area contributed by atoms with Crippen LogP contribution in [0.2, 0.25) is 0 Å². The molecule has 0 atom stereocenters. The smallest absolute Gasteiger partial charge is 0.129 e. The van der Waals surface area contributed by atoms with Crippen LogP contribution in [0.15, 0.2) is 18.2 Å². The van der Waals surface area contributed by atoms with E-state index < -0.39 is 0 Å². The molecule has 0 N–H and O–H groups in total. The zero-order valence-electron chi connectivity index (χ0n) is 16.1. The van der Waals surface area contributed by atoms with Gasteiger partial charge in [-0.25, -0.2) is 4.39 Å². The summed E-state index contributed by atoms with van der Waals surface area (Å²) in [6.07, 6.45) is 6.11. The lowest BCUT2D eigenvalue weighted by molar-refractivity contribution is 0.277. The minimum atomic E-state index is 0.0149. The molecule has 0 saturated heterocycles. The molecule has 0 amide bonds. The van der Waals surface area contributed by atoms with E-state index in [4.69, 9.17) is 0 Å². The van der Waals surface area contributed by atoms with Crippen molar-refractivity contribution in [3.8, 4) is 0 Å². The Hall–Kier alpha value is -0.960. The van der Waals surface area contributed by atoms with E-state index in [0.29, 0.717) is 13.1 Å². The van der Waals surface area contributed by atoms with Crippen molar-refractivity contribution in [2.75, 3.05) is 21.4 Å². The summed E-state index contributed by atoms with van der Waals surface area (Å²) in [6, 6.07) is 5.77. The number of methoxy groups -OCH3 is 1. The number of hydrogen-bond donors (Lipinski definition) is 0. The van der Waals surface area contributed by atoms with Crippen LogP contribution in [0.4, 0.5) is 8.78 Å². The maximum absolute atomic E-state index is 13.8. The van der Waals surface area contributed by atoms with Crippen molar-refractivity contribution < 1.29 is 13.5 Å². The summed E-state index contributed by atoms with van der Waals surface area (Å²) in [4.78, 5) is 0. The summed E-state index contributed by atoms with van der Waals surface area (Å²) in [5.74, 6) is 1.59. The summed E-state index contributed by atoms with van der Waals surface area (Å²) in [5, 5.41) is 0. The summed E-state index contributed by atoms with van der Waals surface area (Å²) in [6.45, 7) is 8.17. The van der Waals surface area contributed by atoms with Gasteiger partial charge in [-0.1, -0.05) is 51.8 Å². The predicted molar refractivity (Wildman–Crippen MR) is 97.3 cm³/mol. The Bertz CT molecular complexity index is 372. The summed E-state index contributed by atoms with van der Waals surface area (Å²) < 4.78 is 27.6. The standard InChI is InChI=1S/C15H21F.C2H6O.C2H6.CH3F/c1-11-6-8-13(9-7-11)10-14-5-3-4-12(2)15(14)16;1-3-2;2*1-2/h3-5,11,13H,6-10H2,1-2H3;1-2H3;1-2H3;1H3. The molecule has 136 valence electrons. The fraction of sp³-hybridized carbons (Fsp3) is 0.700. The number of halogens is 2. The molecule has 1 aromatic rings. The van der Waals surface area contributed by atoms with E-state index in [-0.39, 0.29) is 5.82 Å². The minimum absolute atomic E-state index is 0.0149. The molecule has 0 heterocycles. The van der Waals surface area contributed by atoms with Gasteiger partial charge in [-0.15, -0.1) is 0 Å². The topological polar surface area (TPSA) is 9.23 Å². The van der Waals surface area contributed by atoms with Gasteiger partial charge in [0.05, 0.1) is 7.18 Å². The molecule has 0 radical (unpaired) electrons. The van der Waals surface area contributed by atoms with E-state index in [9.17, 15) is 8.78 Å². The first kappa shape index (κ1) is 24.3. The maximum Gasteiger partial charge on any atom is 0.129 e. The Kier molecular flexibility index (Phi) is 16.8. The van der Waals surface area contributed by atoms with E-state index in [1.165, 1.54) is 25.7 Å². The summed E-state index contributed by atoms with van der Waals surface area (Å²) in [5.41, 5.74) is 1.70. The molecular formula is C20H36F2O. The molecule has 1 aromatic carbocycles. The summed E-state index contributed by atoms with van der Waals surface area (Å²) in [7, 11) is 3.75. The molecule has 1 fully saturated rings. The van der Waals surface area contributed by atoms with Gasteiger partial charge < -0.3 is 4.74 Å². The van der Waals surface area contributed by atoms with Gasteiger partial charge >= 0.3 is 0 Å². The number of alkyl halides is 1. The molecule has 2 rings (SSSR count).